The first-order valence-electron chi connectivity index (χ1n) is 10.2. The van der Waals surface area contributed by atoms with Gasteiger partial charge in [0.1, 0.15) is 5.82 Å². The number of aromatic nitrogens is 2. The molecule has 0 spiro atoms. The van der Waals surface area contributed by atoms with Crippen molar-refractivity contribution in [1.82, 2.24) is 14.3 Å². The summed E-state index contributed by atoms with van der Waals surface area (Å²) in [5.74, 6) is 1.15. The van der Waals surface area contributed by atoms with Crippen LogP contribution in [0.5, 0.6) is 0 Å². The number of H-pyrrole nitrogens is 1. The number of halogens is 1. The maximum absolute atomic E-state index is 12.4. The lowest BCUT2D eigenvalue weighted by Crippen LogP contribution is -2.45. The molecule has 0 unspecified atom stereocenters. The maximum Gasteiger partial charge on any atom is 0.290 e. The van der Waals surface area contributed by atoms with Crippen molar-refractivity contribution in [3.05, 3.63) is 57.9 Å². The topological polar surface area (TPSA) is 78.2 Å². The number of nitrogens with two attached hydrogens (primary N) is 1. The summed E-state index contributed by atoms with van der Waals surface area (Å²) in [6.45, 7) is 4.24. The number of aryl methyl sites for hydroxylation is 1. The molecule has 1 aromatic heterocycles. The Kier molecular flexibility index (Phi) is 8.09. The molecule has 2 aromatic rings. The predicted octanol–water partition coefficient (Wildman–Crippen LogP) is 2.76. The van der Waals surface area contributed by atoms with Crippen LogP contribution < -0.4 is 16.2 Å². The zero-order valence-electron chi connectivity index (χ0n) is 16.9. The van der Waals surface area contributed by atoms with E-state index in [2.05, 4.69) is 25.4 Å². The molecule has 0 bridgehead atoms. The average Bonchev–Trinajstić information content (AvgIpc) is 3.60. The van der Waals surface area contributed by atoms with Gasteiger partial charge in [-0.1, -0.05) is 24.1 Å². The molecule has 1 aliphatic carbocycles. The molecule has 2 aliphatic rings. The summed E-state index contributed by atoms with van der Waals surface area (Å²) in [6.07, 6.45) is 8.04. The van der Waals surface area contributed by atoms with Crippen molar-refractivity contribution in [3.63, 3.8) is 0 Å². The Bertz CT molecular complexity index is 817. The van der Waals surface area contributed by atoms with Gasteiger partial charge in [0, 0.05) is 32.4 Å². The van der Waals surface area contributed by atoms with E-state index in [4.69, 9.17) is 5.73 Å². The van der Waals surface area contributed by atoms with Crippen LogP contribution in [-0.4, -0.2) is 53.3 Å². The van der Waals surface area contributed by atoms with Gasteiger partial charge in [0.05, 0.1) is 5.69 Å². The van der Waals surface area contributed by atoms with Crippen LogP contribution in [-0.2, 0) is 6.42 Å². The van der Waals surface area contributed by atoms with Crippen LogP contribution in [0.2, 0.25) is 0 Å². The Morgan fingerprint density at radius 2 is 1.90 bits per heavy atom. The number of piperazine rings is 1. The zero-order valence-corrected chi connectivity index (χ0v) is 17.8. The van der Waals surface area contributed by atoms with Crippen molar-refractivity contribution < 1.29 is 4.39 Å². The van der Waals surface area contributed by atoms with Crippen LogP contribution in [0.1, 0.15) is 36.4 Å². The first-order chi connectivity index (χ1) is 14.1. The SMILES string of the molecule is CSN1CCN(c2nc(CCCN)c[nH]c2=O)CC1.Fc1ccc(C2CC2)cc1. The van der Waals surface area contributed by atoms with Crippen LogP contribution in [0, 0.1) is 5.82 Å². The molecule has 2 heterocycles. The van der Waals surface area contributed by atoms with E-state index in [-0.39, 0.29) is 11.4 Å². The van der Waals surface area contributed by atoms with E-state index in [0.717, 1.165) is 50.6 Å². The van der Waals surface area contributed by atoms with Gasteiger partial charge in [-0.3, -0.25) is 4.79 Å². The normalized spacial score (nSPS) is 17.0. The summed E-state index contributed by atoms with van der Waals surface area (Å²) < 4.78 is 14.7. The number of hydrogen-bond acceptors (Lipinski definition) is 6. The fraction of sp³-hybridized carbons (Fsp3) is 0.524. The second kappa shape index (κ2) is 10.8. The number of nitrogens with one attached hydrogen (secondary N) is 1. The maximum atomic E-state index is 12.4. The Hall–Kier alpha value is -1.90. The number of rotatable bonds is 6. The smallest absolute Gasteiger partial charge is 0.290 e. The molecule has 4 rings (SSSR count). The summed E-state index contributed by atoms with van der Waals surface area (Å²) >= 11 is 1.75. The van der Waals surface area contributed by atoms with Gasteiger partial charge < -0.3 is 15.6 Å². The highest BCUT2D eigenvalue weighted by Gasteiger charge is 2.23. The average molecular weight is 420 g/mol. The summed E-state index contributed by atoms with van der Waals surface area (Å²) in [4.78, 5) is 21.2. The van der Waals surface area contributed by atoms with Crippen molar-refractivity contribution in [2.75, 3.05) is 43.9 Å². The lowest BCUT2D eigenvalue weighted by atomic mass is 10.1. The van der Waals surface area contributed by atoms with Crippen LogP contribution >= 0.6 is 11.9 Å². The van der Waals surface area contributed by atoms with Crippen LogP contribution in [0.4, 0.5) is 10.2 Å². The Balaban J connectivity index is 0.000000200. The molecule has 29 heavy (non-hydrogen) atoms. The van der Waals surface area contributed by atoms with Crippen molar-refractivity contribution in [2.24, 2.45) is 5.73 Å². The van der Waals surface area contributed by atoms with E-state index in [0.29, 0.717) is 12.4 Å². The van der Waals surface area contributed by atoms with Gasteiger partial charge in [-0.2, -0.15) is 0 Å². The molecule has 1 saturated carbocycles. The van der Waals surface area contributed by atoms with Gasteiger partial charge in [-0.15, -0.1) is 0 Å². The lowest BCUT2D eigenvalue weighted by Gasteiger charge is -2.33. The number of aromatic amines is 1. The predicted molar refractivity (Wildman–Crippen MR) is 118 cm³/mol. The Labute approximate surface area is 175 Å². The molecular formula is C21H30FN5OS. The Morgan fingerprint density at radius 1 is 1.21 bits per heavy atom. The summed E-state index contributed by atoms with van der Waals surface area (Å²) in [6, 6.07) is 6.83. The van der Waals surface area contributed by atoms with Crippen LogP contribution in [0.15, 0.2) is 35.3 Å². The van der Waals surface area contributed by atoms with Crippen LogP contribution in [0.25, 0.3) is 0 Å². The fourth-order valence-electron chi connectivity index (χ4n) is 3.29. The molecule has 0 amide bonds. The summed E-state index contributed by atoms with van der Waals surface area (Å²) in [7, 11) is 0. The van der Waals surface area contributed by atoms with Crippen LogP contribution in [0.3, 0.4) is 0 Å². The minimum atomic E-state index is -0.135. The first-order valence-corrected chi connectivity index (χ1v) is 11.4. The van der Waals surface area contributed by atoms with E-state index in [1.165, 1.54) is 30.5 Å². The van der Waals surface area contributed by atoms with Crippen molar-refractivity contribution >= 4 is 17.8 Å². The summed E-state index contributed by atoms with van der Waals surface area (Å²) in [5.41, 5.74) is 7.60. The molecule has 158 valence electrons. The number of nitrogens with zero attached hydrogens (tertiary/aromatic N) is 3. The van der Waals surface area contributed by atoms with E-state index in [9.17, 15) is 9.18 Å². The quantitative estimate of drug-likeness (QED) is 0.701. The van der Waals surface area contributed by atoms with E-state index in [1.54, 1.807) is 18.1 Å². The molecule has 1 saturated heterocycles. The third kappa shape index (κ3) is 6.55. The number of hydrogen-bond donors (Lipinski definition) is 2. The van der Waals surface area contributed by atoms with Crippen molar-refractivity contribution in [1.29, 1.82) is 0 Å². The molecule has 0 radical (unpaired) electrons. The van der Waals surface area contributed by atoms with Gasteiger partial charge >= 0.3 is 0 Å². The largest absolute Gasteiger partial charge is 0.349 e. The second-order valence-corrected chi connectivity index (χ2v) is 8.24. The molecule has 8 heteroatoms. The zero-order chi connectivity index (χ0) is 20.6. The fourth-order valence-corrected chi connectivity index (χ4v) is 3.82. The third-order valence-corrected chi connectivity index (χ3v) is 6.06. The highest BCUT2D eigenvalue weighted by Crippen LogP contribution is 2.39. The molecule has 2 fully saturated rings. The minimum absolute atomic E-state index is 0.103. The van der Waals surface area contributed by atoms with Gasteiger partial charge in [0.15, 0.2) is 5.82 Å². The summed E-state index contributed by atoms with van der Waals surface area (Å²) in [5, 5.41) is 0. The Morgan fingerprint density at radius 3 is 2.48 bits per heavy atom. The molecular weight excluding hydrogens is 389 g/mol. The molecule has 3 N–H and O–H groups in total. The molecule has 1 aliphatic heterocycles. The van der Waals surface area contributed by atoms with Crippen molar-refractivity contribution in [3.8, 4) is 0 Å². The second-order valence-electron chi connectivity index (χ2n) is 7.36. The van der Waals surface area contributed by atoms with E-state index < -0.39 is 0 Å². The first kappa shape index (κ1) is 21.8. The van der Waals surface area contributed by atoms with E-state index >= 15 is 0 Å². The highest BCUT2D eigenvalue weighted by atomic mass is 32.2. The van der Waals surface area contributed by atoms with Crippen molar-refractivity contribution in [2.45, 2.75) is 31.6 Å². The highest BCUT2D eigenvalue weighted by molar-refractivity contribution is 7.96. The van der Waals surface area contributed by atoms with E-state index in [1.807, 2.05) is 12.1 Å². The van der Waals surface area contributed by atoms with Gasteiger partial charge in [0.2, 0.25) is 0 Å². The lowest BCUT2D eigenvalue weighted by molar-refractivity contribution is 0.428. The molecule has 6 nitrogen and oxygen atoms in total. The van der Waals surface area contributed by atoms with Gasteiger partial charge in [-0.05, 0) is 62.1 Å². The van der Waals surface area contributed by atoms with Gasteiger partial charge in [0.25, 0.3) is 5.56 Å². The molecule has 1 aromatic carbocycles. The number of benzene rings is 1. The van der Waals surface area contributed by atoms with Gasteiger partial charge in [-0.25, -0.2) is 13.7 Å². The minimum Gasteiger partial charge on any atom is -0.349 e. The third-order valence-electron chi connectivity index (χ3n) is 5.17. The monoisotopic (exact) mass is 419 g/mol. The standard InChI is InChI=1S/C12H21N5OS.C9H9F/c1-19-17-7-5-16(6-8-17)11-12(18)14-9-10(15-11)3-2-4-13;10-9-5-3-8(4-6-9)7-1-2-7/h9H,2-8,13H2,1H3,(H,14,18);3-7H,1-2H2. The number of anilines is 1. The molecule has 0 atom stereocenters.